The first-order valence-electron chi connectivity index (χ1n) is 10.0. The van der Waals surface area contributed by atoms with Crippen LogP contribution in [0.1, 0.15) is 37.0 Å². The summed E-state index contributed by atoms with van der Waals surface area (Å²) in [5.41, 5.74) is 3.24. The molecule has 0 aliphatic carbocycles. The van der Waals surface area contributed by atoms with Crippen molar-refractivity contribution in [2.75, 3.05) is 10.6 Å². The van der Waals surface area contributed by atoms with Crippen LogP contribution in [0.3, 0.4) is 0 Å². The Bertz CT molecular complexity index is 1380. The van der Waals surface area contributed by atoms with Crippen LogP contribution in [0.4, 0.5) is 15.1 Å². The first-order chi connectivity index (χ1) is 15.7. The molecular weight excluding hydrogens is 463 g/mol. The molecule has 0 atom stereocenters. The van der Waals surface area contributed by atoms with Gasteiger partial charge >= 0.3 is 0 Å². The Morgan fingerprint density at radius 2 is 1.76 bits per heavy atom. The number of benzene rings is 2. The highest BCUT2D eigenvalue weighted by Gasteiger charge is 2.18. The van der Waals surface area contributed by atoms with Crippen LogP contribution < -0.4 is 10.6 Å². The van der Waals surface area contributed by atoms with Crippen molar-refractivity contribution >= 4 is 45.4 Å². The molecule has 168 valence electrons. The molecule has 6 nitrogen and oxygen atoms in total. The minimum Gasteiger partial charge on any atom is -0.321 e. The van der Waals surface area contributed by atoms with Crippen molar-refractivity contribution in [3.8, 4) is 5.69 Å². The Balaban J connectivity index is 1.49. The summed E-state index contributed by atoms with van der Waals surface area (Å²) in [6, 6.07) is 14.7. The van der Waals surface area contributed by atoms with Gasteiger partial charge in [-0.2, -0.15) is 5.10 Å². The second kappa shape index (κ2) is 9.17. The number of aryl methyl sites for hydroxylation is 3. The Morgan fingerprint density at radius 3 is 2.42 bits per heavy atom. The minimum atomic E-state index is -0.505. The van der Waals surface area contributed by atoms with E-state index in [4.69, 9.17) is 11.6 Å². The zero-order chi connectivity index (χ0) is 23.7. The summed E-state index contributed by atoms with van der Waals surface area (Å²) < 4.78 is 16.3. The van der Waals surface area contributed by atoms with Crippen molar-refractivity contribution < 1.29 is 14.0 Å². The van der Waals surface area contributed by atoms with Gasteiger partial charge in [-0.1, -0.05) is 23.7 Å². The fourth-order valence-corrected chi connectivity index (χ4v) is 4.60. The molecule has 9 heteroatoms. The van der Waals surface area contributed by atoms with Crippen LogP contribution >= 0.6 is 22.9 Å². The normalized spacial score (nSPS) is 10.8. The molecule has 4 rings (SSSR count). The lowest BCUT2D eigenvalue weighted by molar-refractivity contribution is 0.102. The summed E-state index contributed by atoms with van der Waals surface area (Å²) in [7, 11) is 0. The molecule has 2 N–H and O–H groups in total. The van der Waals surface area contributed by atoms with Crippen LogP contribution in [0, 0.1) is 26.6 Å². The molecule has 2 heterocycles. The first-order valence-corrected chi connectivity index (χ1v) is 11.2. The summed E-state index contributed by atoms with van der Waals surface area (Å²) in [5, 5.41) is 10.6. The molecule has 0 radical (unpaired) electrons. The van der Waals surface area contributed by atoms with Crippen LogP contribution in [-0.4, -0.2) is 21.6 Å². The van der Waals surface area contributed by atoms with E-state index in [1.165, 1.54) is 10.7 Å². The first kappa shape index (κ1) is 22.7. The molecule has 2 aromatic carbocycles. The molecule has 2 aromatic heterocycles. The highest BCUT2D eigenvalue weighted by Crippen LogP contribution is 2.29. The molecule has 2 amide bonds. The Kier molecular flexibility index (Phi) is 6.31. The van der Waals surface area contributed by atoms with E-state index in [2.05, 4.69) is 15.7 Å². The third-order valence-corrected chi connectivity index (χ3v) is 6.40. The van der Waals surface area contributed by atoms with Crippen molar-refractivity contribution in [2.45, 2.75) is 20.8 Å². The molecule has 0 unspecified atom stereocenters. The van der Waals surface area contributed by atoms with Gasteiger partial charge in [-0.15, -0.1) is 11.3 Å². The van der Waals surface area contributed by atoms with E-state index in [1.807, 2.05) is 19.9 Å². The Hall–Kier alpha value is -3.49. The lowest BCUT2D eigenvalue weighted by Crippen LogP contribution is -2.12. The molecular formula is C24H20ClFN4O2S. The molecule has 0 saturated heterocycles. The van der Waals surface area contributed by atoms with Crippen LogP contribution in [0.5, 0.6) is 0 Å². The Morgan fingerprint density at radius 1 is 1.00 bits per heavy atom. The number of nitrogens with one attached hydrogen (secondary N) is 2. The van der Waals surface area contributed by atoms with Crippen molar-refractivity contribution in [1.29, 1.82) is 0 Å². The van der Waals surface area contributed by atoms with Gasteiger partial charge in [-0.3, -0.25) is 9.59 Å². The second-order valence-corrected chi connectivity index (χ2v) is 8.98. The average molecular weight is 483 g/mol. The summed E-state index contributed by atoms with van der Waals surface area (Å²) in [5.74, 6) is -1.26. The summed E-state index contributed by atoms with van der Waals surface area (Å²) >= 11 is 7.21. The summed E-state index contributed by atoms with van der Waals surface area (Å²) in [6.45, 7) is 5.45. The van der Waals surface area contributed by atoms with Crippen molar-refractivity contribution in [3.05, 3.63) is 92.8 Å². The van der Waals surface area contributed by atoms with Crippen LogP contribution in [0.2, 0.25) is 5.02 Å². The van der Waals surface area contributed by atoms with Gasteiger partial charge in [0, 0.05) is 11.4 Å². The monoisotopic (exact) mass is 482 g/mol. The number of nitrogens with zero attached hydrogens (tertiary/aromatic N) is 2. The SMILES string of the molecule is Cc1cc(C)n(-c2ccc(NC(=O)c3sc(NC(=O)c4ccccc4Cl)cc3C)cc2F)n1. The van der Waals surface area contributed by atoms with Crippen molar-refractivity contribution in [3.63, 3.8) is 0 Å². The maximum atomic E-state index is 14.7. The van der Waals surface area contributed by atoms with Gasteiger partial charge in [0.25, 0.3) is 11.8 Å². The van der Waals surface area contributed by atoms with Gasteiger partial charge in [-0.25, -0.2) is 9.07 Å². The number of rotatable bonds is 5. The Labute approximate surface area is 199 Å². The molecule has 0 saturated carbocycles. The molecule has 0 aliphatic heterocycles. The summed E-state index contributed by atoms with van der Waals surface area (Å²) in [4.78, 5) is 25.7. The van der Waals surface area contributed by atoms with Gasteiger partial charge < -0.3 is 10.6 Å². The number of amides is 2. The largest absolute Gasteiger partial charge is 0.321 e. The number of thiophene rings is 1. The van der Waals surface area contributed by atoms with E-state index < -0.39 is 11.7 Å². The molecule has 4 aromatic rings. The van der Waals surface area contributed by atoms with Gasteiger partial charge in [0.05, 0.1) is 26.2 Å². The summed E-state index contributed by atoms with van der Waals surface area (Å²) in [6.07, 6.45) is 0. The number of aromatic nitrogens is 2. The fourth-order valence-electron chi connectivity index (χ4n) is 3.41. The lowest BCUT2D eigenvalue weighted by Gasteiger charge is -2.09. The molecule has 0 fully saturated rings. The lowest BCUT2D eigenvalue weighted by atomic mass is 10.2. The number of hydrogen-bond donors (Lipinski definition) is 2. The highest BCUT2D eigenvalue weighted by atomic mass is 35.5. The fraction of sp³-hybridized carbons (Fsp3) is 0.125. The molecule has 33 heavy (non-hydrogen) atoms. The van der Waals surface area contributed by atoms with Gasteiger partial charge in [0.2, 0.25) is 0 Å². The van der Waals surface area contributed by atoms with E-state index in [-0.39, 0.29) is 5.91 Å². The minimum absolute atomic E-state index is 0.301. The van der Waals surface area contributed by atoms with E-state index in [9.17, 15) is 14.0 Å². The van der Waals surface area contributed by atoms with E-state index in [1.54, 1.807) is 49.4 Å². The zero-order valence-corrected chi connectivity index (χ0v) is 19.6. The predicted molar refractivity (Wildman–Crippen MR) is 129 cm³/mol. The quantitative estimate of drug-likeness (QED) is 0.358. The van der Waals surface area contributed by atoms with Gasteiger partial charge in [-0.05, 0) is 68.8 Å². The van der Waals surface area contributed by atoms with Gasteiger partial charge in [0.15, 0.2) is 5.82 Å². The van der Waals surface area contributed by atoms with E-state index in [0.717, 1.165) is 22.7 Å². The van der Waals surface area contributed by atoms with E-state index in [0.29, 0.717) is 37.4 Å². The molecule has 0 spiro atoms. The zero-order valence-electron chi connectivity index (χ0n) is 18.1. The number of anilines is 2. The second-order valence-electron chi connectivity index (χ2n) is 7.52. The average Bonchev–Trinajstić information content (AvgIpc) is 3.29. The predicted octanol–water partition coefficient (Wildman–Crippen LogP) is 6.16. The number of carbonyl (C=O) groups is 2. The third kappa shape index (κ3) is 4.81. The van der Waals surface area contributed by atoms with Crippen LogP contribution in [0.25, 0.3) is 5.69 Å². The maximum Gasteiger partial charge on any atom is 0.266 e. The topological polar surface area (TPSA) is 76.0 Å². The smallest absolute Gasteiger partial charge is 0.266 e. The van der Waals surface area contributed by atoms with E-state index >= 15 is 0 Å². The number of hydrogen-bond acceptors (Lipinski definition) is 4. The van der Waals surface area contributed by atoms with Crippen molar-refractivity contribution in [2.24, 2.45) is 0 Å². The van der Waals surface area contributed by atoms with Crippen molar-refractivity contribution in [1.82, 2.24) is 9.78 Å². The molecule has 0 aliphatic rings. The third-order valence-electron chi connectivity index (χ3n) is 4.92. The molecule has 0 bridgehead atoms. The number of halogens is 2. The highest BCUT2D eigenvalue weighted by molar-refractivity contribution is 7.18. The maximum absolute atomic E-state index is 14.7. The van der Waals surface area contributed by atoms with Crippen LogP contribution in [-0.2, 0) is 0 Å². The van der Waals surface area contributed by atoms with Gasteiger partial charge in [0.1, 0.15) is 5.69 Å². The number of carbonyl (C=O) groups excluding carboxylic acids is 2. The standard InChI is InChI=1S/C24H20ClFN4O2S/c1-13-10-21(28-23(31)17-6-4-5-7-18(17)25)33-22(13)24(32)27-16-8-9-20(19(26)12-16)30-15(3)11-14(2)29-30/h4-12H,1-3H3,(H,27,32)(H,28,31). The van der Waals surface area contributed by atoms with Crippen LogP contribution in [0.15, 0.2) is 54.6 Å².